The molecule has 6 N–H and O–H groups in total. The third-order valence-corrected chi connectivity index (χ3v) is 0.531. The van der Waals surface area contributed by atoms with Gasteiger partial charge in [0, 0.05) is 5.88 Å². The molecule has 0 aromatic carbocycles. The van der Waals surface area contributed by atoms with Crippen LogP contribution in [0.2, 0.25) is 0 Å². The molecule has 94 valence electrons. The largest absolute Gasteiger partial charge is 0.466 e. The van der Waals surface area contributed by atoms with Crippen LogP contribution in [0.4, 0.5) is 0 Å². The number of hydrogen-bond acceptors (Lipinski definition) is 2. The summed E-state index contributed by atoms with van der Waals surface area (Å²) in [6, 6.07) is 0. The fourth-order valence-corrected chi connectivity index (χ4v) is 0.231. The highest BCUT2D eigenvalue weighted by Gasteiger charge is 2.00. The van der Waals surface area contributed by atoms with E-state index in [0.717, 1.165) is 6.42 Å². The van der Waals surface area contributed by atoms with Crippen molar-refractivity contribution in [2.45, 2.75) is 6.42 Å². The SMILES string of the molecule is C=CCCCl.O=P(O)(O)O.O=P(O)(O)O. The molecule has 0 heterocycles. The molecule has 0 fully saturated rings. The third kappa shape index (κ3) is 422. The molecule has 0 unspecified atom stereocenters. The molecule has 0 spiro atoms. The van der Waals surface area contributed by atoms with Crippen molar-refractivity contribution in [1.82, 2.24) is 0 Å². The van der Waals surface area contributed by atoms with Gasteiger partial charge in [-0.3, -0.25) is 0 Å². The zero-order chi connectivity index (χ0) is 13.1. The molecular formula is C4H13ClO8P2. The zero-order valence-electron chi connectivity index (χ0n) is 7.47. The van der Waals surface area contributed by atoms with Gasteiger partial charge in [-0.25, -0.2) is 9.13 Å². The van der Waals surface area contributed by atoms with E-state index in [9.17, 15) is 0 Å². The van der Waals surface area contributed by atoms with E-state index >= 15 is 0 Å². The maximum absolute atomic E-state index is 8.88. The predicted octanol–water partition coefficient (Wildman–Crippen LogP) is -0.0559. The Morgan fingerprint density at radius 2 is 1.20 bits per heavy atom. The van der Waals surface area contributed by atoms with Crippen LogP contribution in [-0.4, -0.2) is 35.2 Å². The van der Waals surface area contributed by atoms with Gasteiger partial charge < -0.3 is 29.4 Å². The van der Waals surface area contributed by atoms with Crippen molar-refractivity contribution in [3.8, 4) is 0 Å². The van der Waals surface area contributed by atoms with E-state index in [-0.39, 0.29) is 0 Å². The van der Waals surface area contributed by atoms with Crippen molar-refractivity contribution in [3.63, 3.8) is 0 Å². The number of allylic oxidation sites excluding steroid dienone is 1. The minimum atomic E-state index is -4.64. The Hall–Kier alpha value is 0.250. The highest BCUT2D eigenvalue weighted by atomic mass is 35.5. The summed E-state index contributed by atoms with van der Waals surface area (Å²) in [7, 11) is -9.28. The predicted molar refractivity (Wildman–Crippen MR) is 54.1 cm³/mol. The lowest BCUT2D eigenvalue weighted by Gasteiger charge is -1.82. The van der Waals surface area contributed by atoms with Gasteiger partial charge in [0.2, 0.25) is 0 Å². The van der Waals surface area contributed by atoms with Crippen LogP contribution in [0.1, 0.15) is 6.42 Å². The van der Waals surface area contributed by atoms with E-state index in [1.807, 2.05) is 0 Å². The van der Waals surface area contributed by atoms with E-state index < -0.39 is 15.6 Å². The average Bonchev–Trinajstić information content (AvgIpc) is 1.80. The summed E-state index contributed by atoms with van der Waals surface area (Å²) in [6.45, 7) is 3.47. The Labute approximate surface area is 91.3 Å². The first-order chi connectivity index (χ1) is 6.41. The summed E-state index contributed by atoms with van der Waals surface area (Å²) in [5, 5.41) is 0. The van der Waals surface area contributed by atoms with Crippen molar-refractivity contribution in [1.29, 1.82) is 0 Å². The van der Waals surface area contributed by atoms with E-state index in [4.69, 9.17) is 50.1 Å². The van der Waals surface area contributed by atoms with Crippen molar-refractivity contribution < 1.29 is 38.5 Å². The Morgan fingerprint density at radius 3 is 1.20 bits per heavy atom. The minimum absolute atomic E-state index is 0.698. The maximum atomic E-state index is 8.88. The summed E-state index contributed by atoms with van der Waals surface area (Å²) < 4.78 is 17.8. The van der Waals surface area contributed by atoms with E-state index in [1.165, 1.54) is 0 Å². The lowest BCUT2D eigenvalue weighted by atomic mass is 10.5. The van der Waals surface area contributed by atoms with Crippen LogP contribution in [0.15, 0.2) is 12.7 Å². The quantitative estimate of drug-likeness (QED) is 0.234. The van der Waals surface area contributed by atoms with Gasteiger partial charge in [-0.2, -0.15) is 0 Å². The highest BCUT2D eigenvalue weighted by Crippen LogP contribution is 2.26. The molecule has 0 aliphatic heterocycles. The second-order valence-electron chi connectivity index (χ2n) is 1.79. The average molecular weight is 287 g/mol. The molecule has 0 rings (SSSR count). The standard InChI is InChI=1S/C4H7Cl.2H3O4P/c1-2-3-4-5;2*1-5(2,3)4/h2H,1,3-4H2;2*(H3,1,2,3,4). The summed E-state index contributed by atoms with van der Waals surface area (Å²) in [6.07, 6.45) is 2.72. The van der Waals surface area contributed by atoms with Crippen molar-refractivity contribution in [3.05, 3.63) is 12.7 Å². The lowest BCUT2D eigenvalue weighted by molar-refractivity contribution is 0.272. The number of phosphoric acid groups is 2. The van der Waals surface area contributed by atoms with Gasteiger partial charge in [0.15, 0.2) is 0 Å². The Balaban J connectivity index is -0.000000144. The molecular weight excluding hydrogens is 273 g/mol. The number of rotatable bonds is 2. The smallest absolute Gasteiger partial charge is 0.303 e. The summed E-state index contributed by atoms with van der Waals surface area (Å²) in [5.41, 5.74) is 0. The highest BCUT2D eigenvalue weighted by molar-refractivity contribution is 7.45. The molecule has 0 saturated heterocycles. The summed E-state index contributed by atoms with van der Waals surface area (Å²) in [5.74, 6) is 0.698. The lowest BCUT2D eigenvalue weighted by Crippen LogP contribution is -1.66. The van der Waals surface area contributed by atoms with Crippen molar-refractivity contribution in [2.24, 2.45) is 0 Å². The van der Waals surface area contributed by atoms with Crippen LogP contribution in [0, 0.1) is 0 Å². The Morgan fingerprint density at radius 1 is 1.00 bits per heavy atom. The molecule has 0 atom stereocenters. The first-order valence-electron chi connectivity index (χ1n) is 3.15. The van der Waals surface area contributed by atoms with Gasteiger partial charge in [0.05, 0.1) is 0 Å². The molecule has 0 radical (unpaired) electrons. The molecule has 0 aromatic heterocycles. The molecule has 0 aliphatic rings. The Bertz CT molecular complexity index is 194. The van der Waals surface area contributed by atoms with E-state index in [0.29, 0.717) is 5.88 Å². The van der Waals surface area contributed by atoms with Crippen molar-refractivity contribution in [2.75, 3.05) is 5.88 Å². The van der Waals surface area contributed by atoms with Gasteiger partial charge in [0.25, 0.3) is 0 Å². The van der Waals surface area contributed by atoms with Crippen LogP contribution in [-0.2, 0) is 9.13 Å². The molecule has 0 saturated carbocycles. The van der Waals surface area contributed by atoms with Gasteiger partial charge in [-0.05, 0) is 6.42 Å². The van der Waals surface area contributed by atoms with Crippen LogP contribution in [0.5, 0.6) is 0 Å². The Kier molecular flexibility index (Phi) is 14.8. The van der Waals surface area contributed by atoms with E-state index in [1.54, 1.807) is 6.08 Å². The van der Waals surface area contributed by atoms with Crippen molar-refractivity contribution >= 4 is 27.2 Å². The molecule has 15 heavy (non-hydrogen) atoms. The molecule has 0 aliphatic carbocycles. The number of halogens is 1. The fraction of sp³-hybridized carbons (Fsp3) is 0.500. The fourth-order valence-electron chi connectivity index (χ4n) is 0.0772. The monoisotopic (exact) mass is 286 g/mol. The van der Waals surface area contributed by atoms with Crippen LogP contribution in [0.25, 0.3) is 0 Å². The molecule has 0 aromatic rings. The van der Waals surface area contributed by atoms with Crippen LogP contribution >= 0.6 is 27.2 Å². The van der Waals surface area contributed by atoms with E-state index in [2.05, 4.69) is 6.58 Å². The molecule has 0 bridgehead atoms. The summed E-state index contributed by atoms with van der Waals surface area (Å²) >= 11 is 5.23. The van der Waals surface area contributed by atoms with Gasteiger partial charge in [-0.1, -0.05) is 6.08 Å². The second-order valence-corrected chi connectivity index (χ2v) is 4.22. The van der Waals surface area contributed by atoms with Gasteiger partial charge in [-0.15, -0.1) is 18.2 Å². The molecule has 8 nitrogen and oxygen atoms in total. The molecule has 11 heteroatoms. The maximum Gasteiger partial charge on any atom is 0.466 e. The van der Waals surface area contributed by atoms with Gasteiger partial charge in [0.1, 0.15) is 0 Å². The third-order valence-electron chi connectivity index (χ3n) is 0.313. The minimum Gasteiger partial charge on any atom is -0.303 e. The normalized spacial score (nSPS) is 10.3. The zero-order valence-corrected chi connectivity index (χ0v) is 10.0. The summed E-state index contributed by atoms with van der Waals surface area (Å²) in [4.78, 5) is 43.1. The number of hydrogen-bond donors (Lipinski definition) is 6. The molecule has 0 amide bonds. The number of alkyl halides is 1. The van der Waals surface area contributed by atoms with Crippen LogP contribution in [0.3, 0.4) is 0 Å². The van der Waals surface area contributed by atoms with Crippen LogP contribution < -0.4 is 0 Å². The first kappa shape index (κ1) is 20.6. The first-order valence-corrected chi connectivity index (χ1v) is 6.81. The van der Waals surface area contributed by atoms with Gasteiger partial charge >= 0.3 is 15.6 Å². The second kappa shape index (κ2) is 10.8. The topological polar surface area (TPSA) is 156 Å².